The maximum Gasteiger partial charge on any atom is 0.279 e. The molecule has 3 heterocycles. The molecule has 218 valence electrons. The summed E-state index contributed by atoms with van der Waals surface area (Å²) in [5, 5.41) is 15.5. The number of benzene rings is 3. The van der Waals surface area contributed by atoms with Crippen molar-refractivity contribution in [3.63, 3.8) is 0 Å². The van der Waals surface area contributed by atoms with Gasteiger partial charge in [-0.25, -0.2) is 0 Å². The number of hydrogen-bond acceptors (Lipinski definition) is 6. The average Bonchev–Trinajstić information content (AvgIpc) is 3.40. The van der Waals surface area contributed by atoms with E-state index in [2.05, 4.69) is 5.10 Å². The van der Waals surface area contributed by atoms with Crippen LogP contribution in [0.2, 0.25) is 18.6 Å². The van der Waals surface area contributed by atoms with Crippen molar-refractivity contribution in [1.82, 2.24) is 9.78 Å². The Kier molecular flexibility index (Phi) is 7.03. The number of fused-ring (bicyclic) bond motifs is 3. The maximum absolute atomic E-state index is 15.7. The van der Waals surface area contributed by atoms with Gasteiger partial charge in [0.1, 0.15) is 5.75 Å². The van der Waals surface area contributed by atoms with Crippen LogP contribution in [0, 0.1) is 5.92 Å². The summed E-state index contributed by atoms with van der Waals surface area (Å²) < 4.78 is 29.2. The lowest BCUT2D eigenvalue weighted by Crippen LogP contribution is -2.45. The van der Waals surface area contributed by atoms with Crippen molar-refractivity contribution in [2.75, 3.05) is 18.6 Å². The number of aliphatic hydroxyl groups is 1. The van der Waals surface area contributed by atoms with Gasteiger partial charge < -0.3 is 23.6 Å². The molecule has 1 amide bonds. The first-order valence-corrected chi connectivity index (χ1v) is 17.1. The van der Waals surface area contributed by atoms with Crippen molar-refractivity contribution >= 4 is 30.8 Å². The Balaban J connectivity index is 1.36. The van der Waals surface area contributed by atoms with Crippen LogP contribution < -0.4 is 15.2 Å². The van der Waals surface area contributed by atoms with Crippen molar-refractivity contribution in [2.24, 2.45) is 5.92 Å². The lowest BCUT2D eigenvalue weighted by Gasteiger charge is -2.31. The second-order valence-corrected chi connectivity index (χ2v) is 15.5. The van der Waals surface area contributed by atoms with Gasteiger partial charge >= 0.3 is 0 Å². The van der Waals surface area contributed by atoms with Crippen molar-refractivity contribution in [1.29, 1.82) is 0 Å². The van der Waals surface area contributed by atoms with Crippen LogP contribution in [0.25, 0.3) is 16.5 Å². The molecule has 1 N–H and O–H groups in total. The van der Waals surface area contributed by atoms with E-state index in [-0.39, 0.29) is 31.0 Å². The summed E-state index contributed by atoms with van der Waals surface area (Å²) in [5.41, 5.74) is 0.735. The third kappa shape index (κ3) is 4.36. The van der Waals surface area contributed by atoms with E-state index in [4.69, 9.17) is 9.47 Å². The maximum atomic E-state index is 15.7. The molecule has 4 atom stereocenters. The Labute approximate surface area is 244 Å². The first kappa shape index (κ1) is 28.3. The molecule has 1 aromatic heterocycles. The normalized spacial score (nSPS) is 23.6. The van der Waals surface area contributed by atoms with Crippen molar-refractivity contribution in [3.05, 3.63) is 94.4 Å². The number of aromatic nitrogens is 2. The van der Waals surface area contributed by atoms with Crippen LogP contribution in [0.1, 0.15) is 24.5 Å². The monoisotopic (exact) mass is 587 g/mol. The largest absolute Gasteiger partial charge is 0.497 e. The molecule has 42 heavy (non-hydrogen) atoms. The van der Waals surface area contributed by atoms with Gasteiger partial charge in [0.2, 0.25) is 8.41 Å². The molecule has 3 aromatic carbocycles. The minimum absolute atomic E-state index is 0.154. The first-order chi connectivity index (χ1) is 20.1. The number of anilines is 1. The fourth-order valence-corrected chi connectivity index (χ4v) is 9.45. The van der Waals surface area contributed by atoms with Gasteiger partial charge in [-0.3, -0.25) is 9.59 Å². The van der Waals surface area contributed by atoms with Gasteiger partial charge in [0.15, 0.2) is 5.60 Å². The number of hydrogen-bond donors (Lipinski definition) is 1. The number of nitrogens with zero attached hydrogens (tertiary/aromatic N) is 3. The number of ether oxygens (including phenoxy) is 2. The van der Waals surface area contributed by atoms with Crippen LogP contribution in [-0.4, -0.2) is 49.0 Å². The van der Waals surface area contributed by atoms with Gasteiger partial charge in [-0.15, -0.1) is 0 Å². The zero-order valence-corrected chi connectivity index (χ0v) is 25.1. The standard InChI is InChI=1S/C32H34FN3O5Si/c1-20-29(42(3,4)33)28(15-16-37)41-32(20)26-17-24(40-2)13-14-27(26)35(31(32)39)19-21-9-11-23(12-10-21)36-30(38)25-8-6-5-7-22(25)18-34-36/h5-14,17-18,20,28-29,37H,15-16,19H2,1-4H3/t20-,28+,29-,32+/m1/s1. The summed E-state index contributed by atoms with van der Waals surface area (Å²) in [4.78, 5) is 29.2. The van der Waals surface area contributed by atoms with Crippen molar-refractivity contribution in [3.8, 4) is 11.4 Å². The molecule has 1 saturated heterocycles. The molecule has 6 rings (SSSR count). The van der Waals surface area contributed by atoms with E-state index in [1.54, 1.807) is 43.4 Å². The van der Waals surface area contributed by atoms with Gasteiger partial charge in [-0.1, -0.05) is 37.3 Å². The van der Waals surface area contributed by atoms with Crippen molar-refractivity contribution in [2.45, 2.75) is 50.2 Å². The van der Waals surface area contributed by atoms with Gasteiger partial charge in [-0.2, -0.15) is 9.78 Å². The summed E-state index contributed by atoms with van der Waals surface area (Å²) in [6.07, 6.45) is 1.35. The lowest BCUT2D eigenvalue weighted by molar-refractivity contribution is -0.146. The molecule has 10 heteroatoms. The fraction of sp³-hybridized carbons (Fsp3) is 0.344. The molecular weight excluding hydrogens is 553 g/mol. The molecule has 4 aromatic rings. The highest BCUT2D eigenvalue weighted by Gasteiger charge is 2.66. The zero-order chi connectivity index (χ0) is 29.8. The van der Waals surface area contributed by atoms with Gasteiger partial charge in [0.05, 0.1) is 42.7 Å². The summed E-state index contributed by atoms with van der Waals surface area (Å²) >= 11 is 0. The SMILES string of the molecule is COc1ccc2c(c1)[C@]1(O[C@@H](CCO)[C@H]([Si](C)(C)F)[C@H]1C)C(=O)N2Cc1ccc(-n2ncc3ccccc3c2=O)cc1. The summed E-state index contributed by atoms with van der Waals surface area (Å²) in [5.74, 6) is -0.120. The Morgan fingerprint density at radius 1 is 1.10 bits per heavy atom. The molecule has 1 fully saturated rings. The molecule has 0 saturated carbocycles. The molecule has 2 aliphatic rings. The third-order valence-corrected chi connectivity index (χ3v) is 11.3. The van der Waals surface area contributed by atoms with Crippen LogP contribution >= 0.6 is 0 Å². The summed E-state index contributed by atoms with van der Waals surface area (Å²) in [6.45, 7) is 5.27. The van der Waals surface area contributed by atoms with Crippen LogP contribution in [0.15, 0.2) is 77.7 Å². The minimum Gasteiger partial charge on any atom is -0.497 e. The van der Waals surface area contributed by atoms with Gasteiger partial charge in [0.25, 0.3) is 11.5 Å². The first-order valence-electron chi connectivity index (χ1n) is 14.1. The van der Waals surface area contributed by atoms with E-state index in [9.17, 15) is 14.7 Å². The third-order valence-electron chi connectivity index (χ3n) is 8.80. The number of aliphatic hydroxyl groups excluding tert-OH is 1. The number of carbonyl (C=O) groups is 1. The van der Waals surface area contributed by atoms with Crippen molar-refractivity contribution < 1.29 is 23.5 Å². The number of halogens is 1. The Morgan fingerprint density at radius 2 is 1.83 bits per heavy atom. The quantitative estimate of drug-likeness (QED) is 0.239. The molecule has 8 nitrogen and oxygen atoms in total. The second-order valence-electron chi connectivity index (χ2n) is 11.7. The van der Waals surface area contributed by atoms with Gasteiger partial charge in [-0.05, 0) is 61.5 Å². The van der Waals surface area contributed by atoms with Crippen LogP contribution in [0.4, 0.5) is 9.80 Å². The van der Waals surface area contributed by atoms with Gasteiger partial charge in [0, 0.05) is 29.0 Å². The average molecular weight is 588 g/mol. The fourth-order valence-electron chi connectivity index (χ4n) is 6.91. The molecule has 0 bridgehead atoms. The number of rotatable bonds is 7. The molecule has 0 radical (unpaired) electrons. The van der Waals surface area contributed by atoms with E-state index < -0.39 is 31.6 Å². The predicted molar refractivity (Wildman–Crippen MR) is 161 cm³/mol. The van der Waals surface area contributed by atoms with Crippen LogP contribution in [-0.2, 0) is 21.7 Å². The number of methoxy groups -OCH3 is 1. The zero-order valence-electron chi connectivity index (χ0n) is 24.1. The van der Waals surface area contributed by atoms with E-state index in [0.717, 1.165) is 10.9 Å². The highest BCUT2D eigenvalue weighted by Crippen LogP contribution is 2.60. The van der Waals surface area contributed by atoms with Crippen LogP contribution in [0.3, 0.4) is 0 Å². The second kappa shape index (κ2) is 10.4. The molecule has 0 aliphatic carbocycles. The predicted octanol–water partition coefficient (Wildman–Crippen LogP) is 5.10. The lowest BCUT2D eigenvalue weighted by atomic mass is 9.82. The molecule has 1 spiro atoms. The Bertz CT molecular complexity index is 1720. The minimum atomic E-state index is -3.28. The van der Waals surface area contributed by atoms with E-state index >= 15 is 4.11 Å². The topological polar surface area (TPSA) is 93.9 Å². The Morgan fingerprint density at radius 3 is 2.52 bits per heavy atom. The van der Waals surface area contributed by atoms with Crippen LogP contribution in [0.5, 0.6) is 5.75 Å². The highest BCUT2D eigenvalue weighted by atomic mass is 28.4. The smallest absolute Gasteiger partial charge is 0.279 e. The highest BCUT2D eigenvalue weighted by molar-refractivity contribution is 6.72. The summed E-state index contributed by atoms with van der Waals surface area (Å²) in [7, 11) is -1.72. The van der Waals surface area contributed by atoms with E-state index in [1.807, 2.05) is 61.5 Å². The van der Waals surface area contributed by atoms with E-state index in [0.29, 0.717) is 28.1 Å². The Hall–Kier alpha value is -3.86. The van der Waals surface area contributed by atoms with E-state index in [1.165, 1.54) is 4.68 Å². The summed E-state index contributed by atoms with van der Waals surface area (Å²) in [6, 6.07) is 20.1. The number of amides is 1. The number of carbonyl (C=O) groups excluding carboxylic acids is 1. The molecule has 0 unspecified atom stereocenters. The molecular formula is C32H34FN3O5Si. The molecule has 2 aliphatic heterocycles.